The first-order chi connectivity index (χ1) is 8.31. The van der Waals surface area contributed by atoms with Gasteiger partial charge < -0.3 is 15.0 Å². The van der Waals surface area contributed by atoms with Crippen LogP contribution in [0.15, 0.2) is 4.99 Å². The van der Waals surface area contributed by atoms with Crippen LogP contribution in [0, 0.1) is 0 Å². The summed E-state index contributed by atoms with van der Waals surface area (Å²) < 4.78 is 5.67. The van der Waals surface area contributed by atoms with Gasteiger partial charge in [0.1, 0.15) is 0 Å². The van der Waals surface area contributed by atoms with E-state index in [-0.39, 0.29) is 0 Å². The van der Waals surface area contributed by atoms with E-state index >= 15 is 0 Å². The molecule has 0 bridgehead atoms. The number of likely N-dealkylation sites (tertiary alicyclic amines) is 1. The minimum Gasteiger partial charge on any atom is -0.378 e. The molecule has 0 aromatic heterocycles. The molecule has 0 radical (unpaired) electrons. The van der Waals surface area contributed by atoms with Gasteiger partial charge in [-0.05, 0) is 33.1 Å². The predicted molar refractivity (Wildman–Crippen MR) is 72.5 cm³/mol. The highest BCUT2D eigenvalue weighted by atomic mass is 16.5. The summed E-state index contributed by atoms with van der Waals surface area (Å²) >= 11 is 0. The number of guanidine groups is 1. The number of hydrogen-bond acceptors (Lipinski definition) is 2. The lowest BCUT2D eigenvalue weighted by molar-refractivity contribution is 0.0264. The van der Waals surface area contributed by atoms with E-state index in [0.29, 0.717) is 6.10 Å². The van der Waals surface area contributed by atoms with Crippen molar-refractivity contribution >= 4 is 5.96 Å². The van der Waals surface area contributed by atoms with E-state index in [1.165, 1.54) is 0 Å². The van der Waals surface area contributed by atoms with E-state index in [1.54, 1.807) is 0 Å². The first kappa shape index (κ1) is 14.3. The number of aliphatic imine (C=N–C) groups is 1. The van der Waals surface area contributed by atoms with Crippen molar-refractivity contribution in [3.8, 4) is 0 Å². The van der Waals surface area contributed by atoms with Crippen LogP contribution < -0.4 is 5.32 Å². The van der Waals surface area contributed by atoms with Crippen LogP contribution in [-0.4, -0.2) is 49.7 Å². The Balaban J connectivity index is 2.43. The van der Waals surface area contributed by atoms with Crippen molar-refractivity contribution in [3.05, 3.63) is 0 Å². The van der Waals surface area contributed by atoms with Gasteiger partial charge in [0.25, 0.3) is 0 Å². The molecule has 0 saturated carbocycles. The Morgan fingerprint density at radius 1 is 1.29 bits per heavy atom. The van der Waals surface area contributed by atoms with Gasteiger partial charge >= 0.3 is 0 Å². The lowest BCUT2D eigenvalue weighted by Gasteiger charge is -2.34. The topological polar surface area (TPSA) is 36.9 Å². The third-order valence-electron chi connectivity index (χ3n) is 2.96. The van der Waals surface area contributed by atoms with Crippen molar-refractivity contribution < 1.29 is 4.74 Å². The molecule has 0 amide bonds. The molecule has 100 valence electrons. The van der Waals surface area contributed by atoms with Crippen LogP contribution in [0.25, 0.3) is 0 Å². The minimum absolute atomic E-state index is 0.449. The zero-order chi connectivity index (χ0) is 12.5. The monoisotopic (exact) mass is 241 g/mol. The molecular weight excluding hydrogens is 214 g/mol. The van der Waals surface area contributed by atoms with Crippen LogP contribution in [-0.2, 0) is 4.74 Å². The zero-order valence-electron chi connectivity index (χ0n) is 11.5. The van der Waals surface area contributed by atoms with Crippen molar-refractivity contribution in [2.45, 2.75) is 46.1 Å². The van der Waals surface area contributed by atoms with E-state index in [2.05, 4.69) is 36.0 Å². The molecular formula is C13H27N3O. The summed E-state index contributed by atoms with van der Waals surface area (Å²) in [5.74, 6) is 1.07. The number of hydrogen-bond donors (Lipinski definition) is 1. The number of nitrogens with zero attached hydrogens (tertiary/aromatic N) is 2. The van der Waals surface area contributed by atoms with Gasteiger partial charge in [0.05, 0.1) is 6.10 Å². The predicted octanol–water partition coefficient (Wildman–Crippen LogP) is 1.86. The van der Waals surface area contributed by atoms with E-state index < -0.39 is 0 Å². The molecule has 17 heavy (non-hydrogen) atoms. The Labute approximate surface area is 105 Å². The number of piperidine rings is 1. The second-order valence-electron chi connectivity index (χ2n) is 4.38. The summed E-state index contributed by atoms with van der Waals surface area (Å²) in [7, 11) is 0. The highest BCUT2D eigenvalue weighted by Crippen LogP contribution is 2.13. The van der Waals surface area contributed by atoms with Crippen LogP contribution >= 0.6 is 0 Å². The molecule has 1 heterocycles. The SMILES string of the molecule is CCCN=C(NCC)N1CCC(OCC)CC1. The van der Waals surface area contributed by atoms with Crippen molar-refractivity contribution in [1.82, 2.24) is 10.2 Å². The van der Waals surface area contributed by atoms with Crippen molar-refractivity contribution in [1.29, 1.82) is 0 Å². The summed E-state index contributed by atoms with van der Waals surface area (Å²) in [5, 5.41) is 3.37. The molecule has 1 N–H and O–H groups in total. The van der Waals surface area contributed by atoms with Gasteiger partial charge in [-0.1, -0.05) is 6.92 Å². The summed E-state index contributed by atoms with van der Waals surface area (Å²) in [5.41, 5.74) is 0. The van der Waals surface area contributed by atoms with Crippen LogP contribution in [0.5, 0.6) is 0 Å². The lowest BCUT2D eigenvalue weighted by atomic mass is 10.1. The normalized spacial score (nSPS) is 18.5. The third-order valence-corrected chi connectivity index (χ3v) is 2.96. The summed E-state index contributed by atoms with van der Waals surface area (Å²) in [6.45, 7) is 11.1. The fraction of sp³-hybridized carbons (Fsp3) is 0.923. The van der Waals surface area contributed by atoms with Gasteiger partial charge in [0, 0.05) is 32.8 Å². The largest absolute Gasteiger partial charge is 0.378 e. The van der Waals surface area contributed by atoms with Gasteiger partial charge in [0.2, 0.25) is 0 Å². The molecule has 0 aromatic carbocycles. The van der Waals surface area contributed by atoms with E-state index in [1.807, 2.05) is 0 Å². The van der Waals surface area contributed by atoms with Gasteiger partial charge in [-0.25, -0.2) is 0 Å². The Kier molecular flexibility index (Phi) is 7.01. The fourth-order valence-corrected chi connectivity index (χ4v) is 2.11. The molecule has 1 aliphatic heterocycles. The van der Waals surface area contributed by atoms with E-state index in [9.17, 15) is 0 Å². The number of ether oxygens (including phenoxy) is 1. The van der Waals surface area contributed by atoms with Crippen LogP contribution in [0.1, 0.15) is 40.0 Å². The minimum atomic E-state index is 0.449. The summed E-state index contributed by atoms with van der Waals surface area (Å²) in [6.07, 6.45) is 3.78. The summed E-state index contributed by atoms with van der Waals surface area (Å²) in [6, 6.07) is 0. The molecule has 4 nitrogen and oxygen atoms in total. The molecule has 4 heteroatoms. The van der Waals surface area contributed by atoms with Crippen molar-refractivity contribution in [2.75, 3.05) is 32.8 Å². The Bertz CT molecular complexity index is 223. The molecule has 1 rings (SSSR count). The molecule has 0 unspecified atom stereocenters. The van der Waals surface area contributed by atoms with Gasteiger partial charge in [0.15, 0.2) is 5.96 Å². The van der Waals surface area contributed by atoms with Crippen LogP contribution in [0.3, 0.4) is 0 Å². The first-order valence-electron chi connectivity index (χ1n) is 6.96. The third kappa shape index (κ3) is 4.94. The maximum absolute atomic E-state index is 5.67. The maximum atomic E-state index is 5.67. The fourth-order valence-electron chi connectivity index (χ4n) is 2.11. The number of nitrogens with one attached hydrogen (secondary N) is 1. The molecule has 1 fully saturated rings. The van der Waals surface area contributed by atoms with Crippen LogP contribution in [0.4, 0.5) is 0 Å². The maximum Gasteiger partial charge on any atom is 0.193 e. The highest BCUT2D eigenvalue weighted by molar-refractivity contribution is 5.80. The molecule has 0 aromatic rings. The smallest absolute Gasteiger partial charge is 0.193 e. The molecule has 0 spiro atoms. The van der Waals surface area contributed by atoms with Gasteiger partial charge in [-0.15, -0.1) is 0 Å². The second-order valence-corrected chi connectivity index (χ2v) is 4.38. The Morgan fingerprint density at radius 3 is 2.53 bits per heavy atom. The summed E-state index contributed by atoms with van der Waals surface area (Å²) in [4.78, 5) is 6.97. The quantitative estimate of drug-likeness (QED) is 0.589. The first-order valence-corrected chi connectivity index (χ1v) is 6.96. The van der Waals surface area contributed by atoms with Gasteiger partial charge in [-0.2, -0.15) is 0 Å². The molecule has 0 atom stereocenters. The average Bonchev–Trinajstić information content (AvgIpc) is 2.36. The van der Waals surface area contributed by atoms with Crippen molar-refractivity contribution in [3.63, 3.8) is 0 Å². The average molecular weight is 241 g/mol. The standard InChI is InChI=1S/C13H27N3O/c1-4-9-15-13(14-5-2)16-10-7-12(8-11-16)17-6-3/h12H,4-11H2,1-3H3,(H,14,15). The Hall–Kier alpha value is -0.770. The van der Waals surface area contributed by atoms with Crippen molar-refractivity contribution in [2.24, 2.45) is 4.99 Å². The highest BCUT2D eigenvalue weighted by Gasteiger charge is 2.21. The van der Waals surface area contributed by atoms with Gasteiger partial charge in [-0.3, -0.25) is 4.99 Å². The van der Waals surface area contributed by atoms with E-state index in [4.69, 9.17) is 4.74 Å². The zero-order valence-corrected chi connectivity index (χ0v) is 11.5. The van der Waals surface area contributed by atoms with Crippen LogP contribution in [0.2, 0.25) is 0 Å². The number of rotatable bonds is 5. The lowest BCUT2D eigenvalue weighted by Crippen LogP contribution is -2.47. The molecule has 1 saturated heterocycles. The molecule has 0 aliphatic carbocycles. The Morgan fingerprint density at radius 2 is 2.00 bits per heavy atom. The van der Waals surface area contributed by atoms with E-state index in [0.717, 1.165) is 58.0 Å². The second kappa shape index (κ2) is 8.34. The molecule has 1 aliphatic rings.